The Morgan fingerprint density at radius 3 is 2.33 bits per heavy atom. The maximum Gasteiger partial charge on any atom is 0.287 e. The number of hydrogen-bond acceptors (Lipinski definition) is 7. The van der Waals surface area contributed by atoms with E-state index in [0.717, 1.165) is 0 Å². The molecule has 3 aromatic rings. The Morgan fingerprint density at radius 1 is 0.923 bits per heavy atom. The van der Waals surface area contributed by atoms with Gasteiger partial charge in [0.15, 0.2) is 11.5 Å². The van der Waals surface area contributed by atoms with Crippen LogP contribution in [0.15, 0.2) is 75.9 Å². The monoisotopic (exact) mass is 595 g/mol. The molecule has 0 radical (unpaired) electrons. The first-order chi connectivity index (χ1) is 18.9. The molecule has 2 amide bonds. The maximum atomic E-state index is 13.2. The Morgan fingerprint density at radius 2 is 1.67 bits per heavy atom. The molecule has 2 N–H and O–H groups in total. The van der Waals surface area contributed by atoms with Gasteiger partial charge in [0.1, 0.15) is 17.2 Å². The van der Waals surface area contributed by atoms with Crippen LogP contribution in [0.4, 0.5) is 0 Å². The van der Waals surface area contributed by atoms with Crippen molar-refractivity contribution in [1.29, 1.82) is 0 Å². The number of ether oxygens (including phenoxy) is 4. The van der Waals surface area contributed by atoms with Crippen molar-refractivity contribution in [3.8, 4) is 23.0 Å². The van der Waals surface area contributed by atoms with Crippen LogP contribution in [0.5, 0.6) is 23.0 Å². The predicted molar refractivity (Wildman–Crippen MR) is 154 cm³/mol. The average molecular weight is 596 g/mol. The third kappa shape index (κ3) is 8.08. The molecule has 0 unspecified atom stereocenters. The molecule has 3 rings (SSSR count). The van der Waals surface area contributed by atoms with Crippen molar-refractivity contribution in [2.24, 2.45) is 5.10 Å². The number of hydrazone groups is 1. The highest BCUT2D eigenvalue weighted by atomic mass is 79.9. The van der Waals surface area contributed by atoms with Crippen LogP contribution in [0, 0.1) is 0 Å². The fourth-order valence-electron chi connectivity index (χ4n) is 3.49. The average Bonchev–Trinajstić information content (AvgIpc) is 2.95. The Bertz CT molecular complexity index is 1360. The molecule has 39 heavy (non-hydrogen) atoms. The minimum atomic E-state index is -0.643. The number of methoxy groups -OCH3 is 2. The highest BCUT2D eigenvalue weighted by Crippen LogP contribution is 2.36. The van der Waals surface area contributed by atoms with Crippen molar-refractivity contribution < 1.29 is 28.5 Å². The van der Waals surface area contributed by atoms with Crippen molar-refractivity contribution in [2.75, 3.05) is 27.4 Å². The fraction of sp³-hybridized carbons (Fsp3) is 0.207. The molecule has 10 heteroatoms. The minimum Gasteiger partial charge on any atom is -0.497 e. The summed E-state index contributed by atoms with van der Waals surface area (Å²) in [5.41, 5.74) is 4.00. The van der Waals surface area contributed by atoms with E-state index in [4.69, 9.17) is 18.9 Å². The van der Waals surface area contributed by atoms with E-state index in [-0.39, 0.29) is 5.70 Å². The van der Waals surface area contributed by atoms with E-state index in [1.807, 2.05) is 13.8 Å². The third-order valence-corrected chi connectivity index (χ3v) is 5.85. The van der Waals surface area contributed by atoms with E-state index in [9.17, 15) is 9.59 Å². The zero-order valence-corrected chi connectivity index (χ0v) is 23.7. The van der Waals surface area contributed by atoms with E-state index in [0.29, 0.717) is 57.4 Å². The van der Waals surface area contributed by atoms with Crippen LogP contribution in [0.3, 0.4) is 0 Å². The lowest BCUT2D eigenvalue weighted by molar-refractivity contribution is -0.117. The molecule has 0 bridgehead atoms. The molecule has 0 heterocycles. The van der Waals surface area contributed by atoms with Gasteiger partial charge in [0.2, 0.25) is 0 Å². The number of nitrogens with one attached hydrogen (secondary N) is 2. The van der Waals surface area contributed by atoms with Gasteiger partial charge in [-0.05, 0) is 83.9 Å². The van der Waals surface area contributed by atoms with Gasteiger partial charge in [0, 0.05) is 11.1 Å². The first kappa shape index (κ1) is 29.2. The second-order valence-corrected chi connectivity index (χ2v) is 8.74. The summed E-state index contributed by atoms with van der Waals surface area (Å²) < 4.78 is 22.8. The van der Waals surface area contributed by atoms with Gasteiger partial charge in [-0.3, -0.25) is 9.59 Å². The van der Waals surface area contributed by atoms with Gasteiger partial charge in [-0.2, -0.15) is 5.10 Å². The third-order valence-electron chi connectivity index (χ3n) is 5.27. The highest BCUT2D eigenvalue weighted by Gasteiger charge is 2.16. The highest BCUT2D eigenvalue weighted by molar-refractivity contribution is 9.10. The molecule has 204 valence electrons. The minimum absolute atomic E-state index is 0.0459. The van der Waals surface area contributed by atoms with Gasteiger partial charge in [0.05, 0.1) is 38.1 Å². The zero-order valence-electron chi connectivity index (χ0n) is 22.1. The molecule has 0 aromatic heterocycles. The number of halogens is 1. The summed E-state index contributed by atoms with van der Waals surface area (Å²) in [4.78, 5) is 26.1. The van der Waals surface area contributed by atoms with E-state index >= 15 is 0 Å². The lowest BCUT2D eigenvalue weighted by Gasteiger charge is -2.13. The standard InChI is InChI=1S/C29H30BrN3O6/c1-5-38-26-15-19(14-23(30)27(26)39-6-2)18-31-33-29(35)24(32-28(34)20-10-8-7-9-11-20)17-21-16-22(36-3)12-13-25(21)37-4/h7-18H,5-6H2,1-4H3,(H,32,34)(H,33,35)/b24-17-,31-18+. The number of amides is 2. The zero-order chi connectivity index (χ0) is 28.2. The summed E-state index contributed by atoms with van der Waals surface area (Å²) >= 11 is 3.49. The summed E-state index contributed by atoms with van der Waals surface area (Å²) in [6.07, 6.45) is 2.96. The van der Waals surface area contributed by atoms with Gasteiger partial charge in [-0.15, -0.1) is 0 Å². The molecule has 0 atom stereocenters. The largest absolute Gasteiger partial charge is 0.497 e. The van der Waals surface area contributed by atoms with E-state index in [1.54, 1.807) is 60.7 Å². The van der Waals surface area contributed by atoms with Crippen molar-refractivity contribution in [1.82, 2.24) is 10.7 Å². The molecular formula is C29H30BrN3O6. The lowest BCUT2D eigenvalue weighted by Crippen LogP contribution is -2.32. The van der Waals surface area contributed by atoms with E-state index in [1.165, 1.54) is 26.5 Å². The summed E-state index contributed by atoms with van der Waals surface area (Å²) in [6.45, 7) is 4.69. The van der Waals surface area contributed by atoms with Gasteiger partial charge in [-0.25, -0.2) is 5.43 Å². The van der Waals surface area contributed by atoms with E-state index in [2.05, 4.69) is 31.8 Å². The summed E-state index contributed by atoms with van der Waals surface area (Å²) in [7, 11) is 3.04. The van der Waals surface area contributed by atoms with Gasteiger partial charge < -0.3 is 24.3 Å². The quantitative estimate of drug-likeness (QED) is 0.170. The van der Waals surface area contributed by atoms with Crippen LogP contribution in [-0.2, 0) is 4.79 Å². The number of hydrogen-bond donors (Lipinski definition) is 2. The Kier molecular flexibility index (Phi) is 10.9. The van der Waals surface area contributed by atoms with Gasteiger partial charge in [0.25, 0.3) is 11.8 Å². The second-order valence-electron chi connectivity index (χ2n) is 7.88. The maximum absolute atomic E-state index is 13.2. The summed E-state index contributed by atoms with van der Waals surface area (Å²) in [5, 5.41) is 6.76. The molecule has 0 spiro atoms. The normalized spacial score (nSPS) is 11.2. The first-order valence-corrected chi connectivity index (χ1v) is 12.9. The molecular weight excluding hydrogens is 566 g/mol. The molecule has 0 aliphatic rings. The SMILES string of the molecule is CCOc1cc(/C=N/NC(=O)/C(=C/c2cc(OC)ccc2OC)NC(=O)c2ccccc2)cc(Br)c1OCC. The van der Waals surface area contributed by atoms with Crippen LogP contribution in [0.1, 0.15) is 35.3 Å². The number of rotatable bonds is 12. The molecule has 0 fully saturated rings. The number of carbonyl (C=O) groups is 2. The van der Waals surface area contributed by atoms with E-state index < -0.39 is 11.8 Å². The number of nitrogens with zero attached hydrogens (tertiary/aromatic N) is 1. The first-order valence-electron chi connectivity index (χ1n) is 12.1. The molecule has 0 saturated carbocycles. The topological polar surface area (TPSA) is 107 Å². The van der Waals surface area contributed by atoms with Crippen LogP contribution in [-0.4, -0.2) is 45.5 Å². The Labute approximate surface area is 235 Å². The van der Waals surface area contributed by atoms with Gasteiger partial charge in [-0.1, -0.05) is 18.2 Å². The number of carbonyl (C=O) groups excluding carboxylic acids is 2. The van der Waals surface area contributed by atoms with Crippen molar-refractivity contribution in [2.45, 2.75) is 13.8 Å². The van der Waals surface area contributed by atoms with Crippen LogP contribution >= 0.6 is 15.9 Å². The molecule has 9 nitrogen and oxygen atoms in total. The predicted octanol–water partition coefficient (Wildman–Crippen LogP) is 5.18. The van der Waals surface area contributed by atoms with Crippen molar-refractivity contribution in [3.63, 3.8) is 0 Å². The Hall–Kier alpha value is -4.31. The second kappa shape index (κ2) is 14.6. The smallest absolute Gasteiger partial charge is 0.287 e. The molecule has 0 saturated heterocycles. The van der Waals surface area contributed by atoms with Crippen molar-refractivity contribution >= 4 is 40.0 Å². The summed E-state index contributed by atoms with van der Waals surface area (Å²) in [5.74, 6) is 1.07. The fourth-order valence-corrected chi connectivity index (χ4v) is 4.06. The lowest BCUT2D eigenvalue weighted by atomic mass is 10.1. The molecule has 3 aromatic carbocycles. The van der Waals surface area contributed by atoms with Crippen LogP contribution in [0.2, 0.25) is 0 Å². The summed E-state index contributed by atoms with van der Waals surface area (Å²) in [6, 6.07) is 17.2. The molecule has 0 aliphatic heterocycles. The molecule has 0 aliphatic carbocycles. The van der Waals surface area contributed by atoms with Crippen LogP contribution < -0.4 is 29.7 Å². The van der Waals surface area contributed by atoms with Crippen molar-refractivity contribution in [3.05, 3.63) is 87.5 Å². The van der Waals surface area contributed by atoms with Crippen LogP contribution in [0.25, 0.3) is 6.08 Å². The van der Waals surface area contributed by atoms with Gasteiger partial charge >= 0.3 is 0 Å². The number of benzene rings is 3. The Balaban J connectivity index is 1.90.